The van der Waals surface area contributed by atoms with E-state index in [9.17, 15) is 0 Å². The van der Waals surface area contributed by atoms with Gasteiger partial charge in [-0.15, -0.1) is 10.2 Å². The van der Waals surface area contributed by atoms with Gasteiger partial charge in [0, 0.05) is 58.9 Å². The number of aromatic nitrogens is 3. The molecule has 0 atom stereocenters. The van der Waals surface area contributed by atoms with Crippen LogP contribution in [0.1, 0.15) is 17.8 Å². The standard InChI is InChI=1S/C24H31N7/c1-25-24(26-14-7-13-23-28-27-22-12-5-6-16-31(22)23)30-19-17-29(18-20-30)15-8-11-21-9-3-2-4-10-21/h2-6,8-12,16H,7,13-15,17-20H2,1H3,(H,25,26)/b11-8+. The molecule has 3 aromatic rings. The summed E-state index contributed by atoms with van der Waals surface area (Å²) in [7, 11) is 1.86. The third kappa shape index (κ3) is 5.70. The smallest absolute Gasteiger partial charge is 0.193 e. The first-order chi connectivity index (χ1) is 15.3. The van der Waals surface area contributed by atoms with Crippen LogP contribution < -0.4 is 5.32 Å². The average Bonchev–Trinajstić information content (AvgIpc) is 3.24. The molecule has 1 saturated heterocycles. The Balaban J connectivity index is 1.17. The molecule has 1 aliphatic heterocycles. The summed E-state index contributed by atoms with van der Waals surface area (Å²) in [5.74, 6) is 2.00. The number of nitrogens with one attached hydrogen (secondary N) is 1. The molecule has 7 heteroatoms. The lowest BCUT2D eigenvalue weighted by molar-refractivity contribution is 0.194. The average molecular weight is 418 g/mol. The summed E-state index contributed by atoms with van der Waals surface area (Å²) in [4.78, 5) is 9.33. The number of aryl methyl sites for hydroxylation is 1. The number of nitrogens with zero attached hydrogens (tertiary/aromatic N) is 6. The Morgan fingerprint density at radius 3 is 2.65 bits per heavy atom. The number of aliphatic imine (C=N–C) groups is 1. The monoisotopic (exact) mass is 417 g/mol. The van der Waals surface area contributed by atoms with E-state index in [4.69, 9.17) is 0 Å². The largest absolute Gasteiger partial charge is 0.356 e. The molecule has 1 aromatic carbocycles. The number of hydrogen-bond acceptors (Lipinski definition) is 4. The Morgan fingerprint density at radius 1 is 1.03 bits per heavy atom. The highest BCUT2D eigenvalue weighted by Gasteiger charge is 2.18. The molecule has 0 bridgehead atoms. The molecule has 0 spiro atoms. The Hall–Kier alpha value is -3.19. The first-order valence-corrected chi connectivity index (χ1v) is 11.0. The van der Waals surface area contributed by atoms with Crippen LogP contribution in [-0.4, -0.2) is 76.7 Å². The number of piperazine rings is 1. The van der Waals surface area contributed by atoms with Crippen LogP contribution in [0.2, 0.25) is 0 Å². The van der Waals surface area contributed by atoms with Crippen LogP contribution in [-0.2, 0) is 6.42 Å². The molecule has 0 saturated carbocycles. The van der Waals surface area contributed by atoms with Crippen molar-refractivity contribution in [1.29, 1.82) is 0 Å². The molecule has 0 unspecified atom stereocenters. The van der Waals surface area contributed by atoms with Gasteiger partial charge in [0.1, 0.15) is 5.82 Å². The SMILES string of the molecule is CN=C(NCCCc1nnc2ccccn12)N1CCN(C/C=C/c2ccccc2)CC1. The molecule has 1 aliphatic rings. The van der Waals surface area contributed by atoms with Gasteiger partial charge in [0.25, 0.3) is 0 Å². The van der Waals surface area contributed by atoms with E-state index >= 15 is 0 Å². The maximum absolute atomic E-state index is 4.49. The van der Waals surface area contributed by atoms with Crippen molar-refractivity contribution in [2.24, 2.45) is 4.99 Å². The third-order valence-corrected chi connectivity index (χ3v) is 5.60. The van der Waals surface area contributed by atoms with Crippen molar-refractivity contribution in [3.8, 4) is 0 Å². The molecule has 7 nitrogen and oxygen atoms in total. The van der Waals surface area contributed by atoms with Crippen LogP contribution in [0.25, 0.3) is 11.7 Å². The van der Waals surface area contributed by atoms with E-state index in [2.05, 4.69) is 71.1 Å². The van der Waals surface area contributed by atoms with E-state index in [1.54, 1.807) is 0 Å². The number of guanidine groups is 1. The summed E-state index contributed by atoms with van der Waals surface area (Å²) in [6.45, 7) is 5.94. The van der Waals surface area contributed by atoms with Gasteiger partial charge in [-0.1, -0.05) is 48.6 Å². The van der Waals surface area contributed by atoms with Gasteiger partial charge in [-0.2, -0.15) is 0 Å². The number of hydrogen-bond donors (Lipinski definition) is 1. The minimum absolute atomic E-state index is 0.869. The lowest BCUT2D eigenvalue weighted by Gasteiger charge is -2.36. The zero-order valence-electron chi connectivity index (χ0n) is 18.2. The molecule has 162 valence electrons. The molecule has 2 aromatic heterocycles. The molecular formula is C24H31N7. The van der Waals surface area contributed by atoms with Crippen molar-refractivity contribution in [3.05, 3.63) is 72.2 Å². The predicted molar refractivity (Wildman–Crippen MR) is 126 cm³/mol. The minimum Gasteiger partial charge on any atom is -0.356 e. The fraction of sp³-hybridized carbons (Fsp3) is 0.375. The molecule has 1 fully saturated rings. The Labute approximate surface area is 184 Å². The number of benzene rings is 1. The molecular weight excluding hydrogens is 386 g/mol. The lowest BCUT2D eigenvalue weighted by atomic mass is 10.2. The van der Waals surface area contributed by atoms with Gasteiger partial charge in [-0.05, 0) is 24.1 Å². The van der Waals surface area contributed by atoms with Crippen molar-refractivity contribution in [1.82, 2.24) is 29.7 Å². The summed E-state index contributed by atoms with van der Waals surface area (Å²) >= 11 is 0. The highest BCUT2D eigenvalue weighted by atomic mass is 15.3. The van der Waals surface area contributed by atoms with E-state index in [-0.39, 0.29) is 0 Å². The summed E-state index contributed by atoms with van der Waals surface area (Å²) < 4.78 is 2.06. The van der Waals surface area contributed by atoms with Crippen LogP contribution in [0.5, 0.6) is 0 Å². The van der Waals surface area contributed by atoms with Gasteiger partial charge in [0.15, 0.2) is 11.6 Å². The Morgan fingerprint density at radius 2 is 1.84 bits per heavy atom. The van der Waals surface area contributed by atoms with E-state index < -0.39 is 0 Å². The summed E-state index contributed by atoms with van der Waals surface area (Å²) in [5.41, 5.74) is 2.16. The van der Waals surface area contributed by atoms with Crippen LogP contribution in [0.15, 0.2) is 65.8 Å². The molecule has 0 radical (unpaired) electrons. The third-order valence-electron chi connectivity index (χ3n) is 5.60. The summed E-state index contributed by atoms with van der Waals surface area (Å²) in [6.07, 6.45) is 8.35. The van der Waals surface area contributed by atoms with Gasteiger partial charge >= 0.3 is 0 Å². The molecule has 3 heterocycles. The second kappa shape index (κ2) is 10.7. The van der Waals surface area contributed by atoms with Crippen molar-refractivity contribution in [2.75, 3.05) is 46.3 Å². The topological polar surface area (TPSA) is 61.1 Å². The zero-order valence-corrected chi connectivity index (χ0v) is 18.2. The van der Waals surface area contributed by atoms with E-state index in [1.165, 1.54) is 5.56 Å². The van der Waals surface area contributed by atoms with Crippen molar-refractivity contribution < 1.29 is 0 Å². The normalized spacial score (nSPS) is 15.8. The van der Waals surface area contributed by atoms with Crippen LogP contribution in [0, 0.1) is 0 Å². The van der Waals surface area contributed by atoms with E-state index in [0.717, 1.165) is 69.5 Å². The number of fused-ring (bicyclic) bond motifs is 1. The van der Waals surface area contributed by atoms with Gasteiger partial charge < -0.3 is 10.2 Å². The van der Waals surface area contributed by atoms with Crippen molar-refractivity contribution >= 4 is 17.7 Å². The van der Waals surface area contributed by atoms with Crippen LogP contribution in [0.3, 0.4) is 0 Å². The van der Waals surface area contributed by atoms with Gasteiger partial charge in [-0.25, -0.2) is 0 Å². The molecule has 31 heavy (non-hydrogen) atoms. The Bertz CT molecular complexity index is 1000. The van der Waals surface area contributed by atoms with Gasteiger partial charge in [-0.3, -0.25) is 14.3 Å². The van der Waals surface area contributed by atoms with E-state index in [0.29, 0.717) is 0 Å². The first-order valence-electron chi connectivity index (χ1n) is 11.0. The maximum Gasteiger partial charge on any atom is 0.193 e. The van der Waals surface area contributed by atoms with Crippen LogP contribution in [0.4, 0.5) is 0 Å². The van der Waals surface area contributed by atoms with E-state index in [1.807, 2.05) is 37.5 Å². The number of rotatable bonds is 7. The molecule has 1 N–H and O–H groups in total. The summed E-state index contributed by atoms with van der Waals surface area (Å²) in [5, 5.41) is 12.0. The number of pyridine rings is 1. The zero-order chi connectivity index (χ0) is 21.3. The molecule has 4 rings (SSSR count). The second-order valence-corrected chi connectivity index (χ2v) is 7.72. The molecule has 0 amide bonds. The Kier molecular flexibility index (Phi) is 7.28. The fourth-order valence-electron chi connectivity index (χ4n) is 3.88. The highest BCUT2D eigenvalue weighted by Crippen LogP contribution is 2.06. The minimum atomic E-state index is 0.869. The maximum atomic E-state index is 4.49. The van der Waals surface area contributed by atoms with Crippen molar-refractivity contribution in [3.63, 3.8) is 0 Å². The molecule has 0 aliphatic carbocycles. The predicted octanol–water partition coefficient (Wildman–Crippen LogP) is 2.57. The van der Waals surface area contributed by atoms with Gasteiger partial charge in [0.2, 0.25) is 0 Å². The van der Waals surface area contributed by atoms with Gasteiger partial charge in [0.05, 0.1) is 0 Å². The van der Waals surface area contributed by atoms with Crippen LogP contribution >= 0.6 is 0 Å². The lowest BCUT2D eigenvalue weighted by Crippen LogP contribution is -2.52. The summed E-state index contributed by atoms with van der Waals surface area (Å²) in [6, 6.07) is 16.4. The quantitative estimate of drug-likeness (QED) is 0.364. The first kappa shape index (κ1) is 21.1. The highest BCUT2D eigenvalue weighted by molar-refractivity contribution is 5.80. The second-order valence-electron chi connectivity index (χ2n) is 7.72. The van der Waals surface area contributed by atoms with Crippen molar-refractivity contribution in [2.45, 2.75) is 12.8 Å². The fourth-order valence-corrected chi connectivity index (χ4v) is 3.88.